The molecule has 37 heavy (non-hydrogen) atoms. The number of pyridine rings is 1. The molecule has 0 aliphatic carbocycles. The molecular formula is C29H34N2O5S. The lowest BCUT2D eigenvalue weighted by molar-refractivity contribution is 0.0519. The van der Waals surface area contributed by atoms with Crippen molar-refractivity contribution in [3.63, 3.8) is 0 Å². The van der Waals surface area contributed by atoms with Crippen LogP contribution in [0.25, 0.3) is 22.4 Å². The number of carbonyl (C=O) groups is 1. The molecular weight excluding hydrogens is 488 g/mol. The Labute approximate surface area is 221 Å². The maximum Gasteiger partial charge on any atom is 0.356 e. The highest BCUT2D eigenvalue weighted by atomic mass is 32.2. The predicted octanol–water partition coefficient (Wildman–Crippen LogP) is 5.30. The quantitative estimate of drug-likeness (QED) is 0.404. The summed E-state index contributed by atoms with van der Waals surface area (Å²) in [5.74, 6) is 0.263. The minimum absolute atomic E-state index is 0.0646. The molecule has 2 heterocycles. The number of rotatable bonds is 8. The van der Waals surface area contributed by atoms with Crippen molar-refractivity contribution < 1.29 is 23.6 Å². The Morgan fingerprint density at radius 3 is 2.43 bits per heavy atom. The van der Waals surface area contributed by atoms with Crippen molar-refractivity contribution in [2.75, 3.05) is 20.3 Å². The van der Waals surface area contributed by atoms with E-state index in [1.807, 2.05) is 73.6 Å². The molecule has 196 valence electrons. The standard InChI is InChI=1S/C29H34N2O5S/c1-6-36-28(33)24-17-22-18-31(37(34)29(2,3)4)25(13-14-32)26(22)27(30-24)21-11-7-9-19(15-21)20-10-8-12-23(16-20)35-5/h7-12,15-17,25,32H,6,13-14,18H2,1-5H3/t25-,37-/m1/s1. The van der Waals surface area contributed by atoms with Gasteiger partial charge in [0, 0.05) is 24.3 Å². The second-order valence-corrected chi connectivity index (χ2v) is 12.1. The van der Waals surface area contributed by atoms with Crippen LogP contribution in [-0.4, -0.2) is 49.6 Å². The Morgan fingerprint density at radius 2 is 1.78 bits per heavy atom. The van der Waals surface area contributed by atoms with Crippen LogP contribution in [0.5, 0.6) is 5.75 Å². The van der Waals surface area contributed by atoms with E-state index in [2.05, 4.69) is 0 Å². The van der Waals surface area contributed by atoms with Gasteiger partial charge in [0.25, 0.3) is 0 Å². The van der Waals surface area contributed by atoms with Crippen molar-refractivity contribution in [3.05, 3.63) is 71.4 Å². The number of fused-ring (bicyclic) bond motifs is 1. The Bertz CT molecular complexity index is 1320. The molecule has 0 saturated carbocycles. The van der Waals surface area contributed by atoms with Gasteiger partial charge in [0.05, 0.1) is 30.2 Å². The monoisotopic (exact) mass is 522 g/mol. The van der Waals surface area contributed by atoms with Crippen LogP contribution in [0.3, 0.4) is 0 Å². The van der Waals surface area contributed by atoms with E-state index < -0.39 is 21.7 Å². The van der Waals surface area contributed by atoms with Crippen molar-refractivity contribution in [2.45, 2.75) is 51.4 Å². The zero-order chi connectivity index (χ0) is 26.7. The molecule has 0 unspecified atom stereocenters. The van der Waals surface area contributed by atoms with E-state index in [0.29, 0.717) is 18.7 Å². The highest BCUT2D eigenvalue weighted by molar-refractivity contribution is 7.84. The molecule has 1 aromatic heterocycles. The van der Waals surface area contributed by atoms with E-state index in [0.717, 1.165) is 33.6 Å². The van der Waals surface area contributed by atoms with Crippen LogP contribution in [-0.2, 0) is 22.3 Å². The summed E-state index contributed by atoms with van der Waals surface area (Å²) in [6.07, 6.45) is 0.401. The normalized spacial score (nSPS) is 16.3. The first-order valence-electron chi connectivity index (χ1n) is 12.4. The van der Waals surface area contributed by atoms with Gasteiger partial charge in [-0.15, -0.1) is 0 Å². The first-order chi connectivity index (χ1) is 17.7. The average molecular weight is 523 g/mol. The number of nitrogens with zero attached hydrogens (tertiary/aromatic N) is 2. The molecule has 2 aromatic carbocycles. The highest BCUT2D eigenvalue weighted by Crippen LogP contribution is 2.44. The largest absolute Gasteiger partial charge is 0.497 e. The SMILES string of the molecule is CCOC(=O)c1cc2c(c(-c3cccc(-c4cccc(OC)c4)c3)n1)[C@@H](CCO)N([S@](=O)C(C)(C)C)C2. The van der Waals surface area contributed by atoms with Crippen LogP contribution in [0.15, 0.2) is 54.6 Å². The molecule has 0 spiro atoms. The van der Waals surface area contributed by atoms with Crippen molar-refractivity contribution in [1.29, 1.82) is 0 Å². The van der Waals surface area contributed by atoms with Crippen LogP contribution in [0.2, 0.25) is 0 Å². The number of carbonyl (C=O) groups excluding carboxylic acids is 1. The fourth-order valence-electron chi connectivity index (χ4n) is 4.65. The van der Waals surface area contributed by atoms with Gasteiger partial charge in [0.2, 0.25) is 0 Å². The molecule has 0 bridgehead atoms. The van der Waals surface area contributed by atoms with Crippen LogP contribution in [0.4, 0.5) is 0 Å². The van der Waals surface area contributed by atoms with Crippen molar-refractivity contribution >= 4 is 17.0 Å². The third-order valence-electron chi connectivity index (χ3n) is 6.31. The van der Waals surface area contributed by atoms with Gasteiger partial charge >= 0.3 is 5.97 Å². The van der Waals surface area contributed by atoms with E-state index in [1.54, 1.807) is 20.1 Å². The summed E-state index contributed by atoms with van der Waals surface area (Å²) in [6, 6.07) is 17.2. The summed E-state index contributed by atoms with van der Waals surface area (Å²) in [5, 5.41) is 9.94. The molecule has 0 fully saturated rings. The third-order valence-corrected chi connectivity index (χ3v) is 8.17. The first kappa shape index (κ1) is 27.0. The van der Waals surface area contributed by atoms with Crippen molar-refractivity contribution in [3.8, 4) is 28.1 Å². The lowest BCUT2D eigenvalue weighted by Gasteiger charge is -2.30. The number of methoxy groups -OCH3 is 1. The van der Waals surface area contributed by atoms with Crippen LogP contribution < -0.4 is 4.74 Å². The summed E-state index contributed by atoms with van der Waals surface area (Å²) in [4.78, 5) is 17.5. The van der Waals surface area contributed by atoms with E-state index in [1.165, 1.54) is 0 Å². The molecule has 0 amide bonds. The Morgan fingerprint density at radius 1 is 1.11 bits per heavy atom. The van der Waals surface area contributed by atoms with E-state index in [-0.39, 0.29) is 24.9 Å². The minimum atomic E-state index is -1.33. The molecule has 7 nitrogen and oxygen atoms in total. The molecule has 0 radical (unpaired) electrons. The second-order valence-electron chi connectivity index (χ2n) is 9.93. The molecule has 1 N–H and O–H groups in total. The van der Waals surface area contributed by atoms with Crippen LogP contribution in [0, 0.1) is 0 Å². The van der Waals surface area contributed by atoms with E-state index >= 15 is 0 Å². The maximum atomic E-state index is 13.5. The molecule has 2 atom stereocenters. The summed E-state index contributed by atoms with van der Waals surface area (Å²) in [6.45, 7) is 8.13. The van der Waals surface area contributed by atoms with Crippen LogP contribution in [0.1, 0.15) is 61.8 Å². The average Bonchev–Trinajstić information content (AvgIpc) is 3.25. The van der Waals surface area contributed by atoms with E-state index in [9.17, 15) is 14.1 Å². The van der Waals surface area contributed by atoms with Gasteiger partial charge in [0.1, 0.15) is 22.4 Å². The van der Waals surface area contributed by atoms with Crippen molar-refractivity contribution in [2.24, 2.45) is 0 Å². The number of hydrogen-bond acceptors (Lipinski definition) is 6. The van der Waals surface area contributed by atoms with Crippen molar-refractivity contribution in [1.82, 2.24) is 9.29 Å². The smallest absolute Gasteiger partial charge is 0.356 e. The van der Waals surface area contributed by atoms with Gasteiger partial charge < -0.3 is 14.6 Å². The number of esters is 1. The summed E-state index contributed by atoms with van der Waals surface area (Å²) in [5.41, 5.74) is 5.40. The number of aliphatic hydroxyl groups excluding tert-OH is 1. The lowest BCUT2D eigenvalue weighted by Crippen LogP contribution is -2.36. The lowest BCUT2D eigenvalue weighted by atomic mass is 9.94. The summed E-state index contributed by atoms with van der Waals surface area (Å²) < 4.78 is 25.6. The summed E-state index contributed by atoms with van der Waals surface area (Å²) in [7, 11) is 0.308. The zero-order valence-electron chi connectivity index (χ0n) is 22.0. The third kappa shape index (κ3) is 5.61. The molecule has 1 aliphatic heterocycles. The highest BCUT2D eigenvalue weighted by Gasteiger charge is 2.40. The molecule has 8 heteroatoms. The number of aromatic nitrogens is 1. The Kier molecular flexibility index (Phi) is 8.11. The van der Waals surface area contributed by atoms with E-state index in [4.69, 9.17) is 14.5 Å². The van der Waals surface area contributed by atoms with Gasteiger partial charge in [-0.3, -0.25) is 0 Å². The summed E-state index contributed by atoms with van der Waals surface area (Å²) >= 11 is 0. The fraction of sp³-hybridized carbons (Fsp3) is 0.379. The van der Waals surface area contributed by atoms with Gasteiger partial charge in [-0.2, -0.15) is 0 Å². The number of benzene rings is 2. The van der Waals surface area contributed by atoms with Crippen LogP contribution >= 0.6 is 0 Å². The molecule has 1 aliphatic rings. The second kappa shape index (κ2) is 11.1. The molecule has 0 saturated heterocycles. The fourth-order valence-corrected chi connectivity index (χ4v) is 6.05. The van der Waals surface area contributed by atoms with Gasteiger partial charge in [0.15, 0.2) is 0 Å². The van der Waals surface area contributed by atoms with Gasteiger partial charge in [-0.1, -0.05) is 30.3 Å². The number of hydrogen-bond donors (Lipinski definition) is 1. The molecule has 4 rings (SSSR count). The Balaban J connectivity index is 1.89. The minimum Gasteiger partial charge on any atom is -0.497 e. The number of aliphatic hydroxyl groups is 1. The maximum absolute atomic E-state index is 13.5. The predicted molar refractivity (Wildman–Crippen MR) is 145 cm³/mol. The zero-order valence-corrected chi connectivity index (χ0v) is 22.8. The number of ether oxygens (including phenoxy) is 2. The van der Waals surface area contributed by atoms with Gasteiger partial charge in [-0.05, 0) is 75.1 Å². The first-order valence-corrected chi connectivity index (χ1v) is 13.5. The Hall–Kier alpha value is -3.07. The topological polar surface area (TPSA) is 89.0 Å². The molecule has 3 aromatic rings. The van der Waals surface area contributed by atoms with Gasteiger partial charge in [-0.25, -0.2) is 18.3 Å².